The Labute approximate surface area is 86.7 Å². The zero-order valence-electron chi connectivity index (χ0n) is 9.36. The van der Waals surface area contributed by atoms with Gasteiger partial charge in [0.05, 0.1) is 0 Å². The van der Waals surface area contributed by atoms with E-state index >= 15 is 0 Å². The van der Waals surface area contributed by atoms with Crippen molar-refractivity contribution in [3.63, 3.8) is 0 Å². The van der Waals surface area contributed by atoms with E-state index in [4.69, 9.17) is 4.84 Å². The molecule has 0 N–H and O–H groups in total. The molecule has 0 spiro atoms. The molecule has 0 amide bonds. The number of nitrogens with zero attached hydrogens (tertiary/aromatic N) is 1. The van der Waals surface area contributed by atoms with E-state index in [1.807, 2.05) is 30.3 Å². The van der Waals surface area contributed by atoms with Crippen molar-refractivity contribution >= 4 is 0 Å². The van der Waals surface area contributed by atoms with E-state index in [1.54, 1.807) is 0 Å². The number of hydrogen-bond donors (Lipinski definition) is 0. The van der Waals surface area contributed by atoms with Gasteiger partial charge in [0.1, 0.15) is 19.6 Å². The molecule has 2 nitrogen and oxygen atoms in total. The molecule has 0 fully saturated rings. The largest absolute Gasteiger partial charge is 0.315 e. The average molecular weight is 194 g/mol. The highest BCUT2D eigenvalue weighted by atomic mass is 16.7. The lowest BCUT2D eigenvalue weighted by atomic mass is 10.3. The normalized spacial score (nSPS) is 11.4. The van der Waals surface area contributed by atoms with Gasteiger partial charge in [-0.05, 0) is 32.9 Å². The predicted molar refractivity (Wildman–Crippen MR) is 59.0 cm³/mol. The van der Waals surface area contributed by atoms with Crippen LogP contribution in [0.2, 0.25) is 0 Å². The van der Waals surface area contributed by atoms with E-state index in [0.717, 1.165) is 25.4 Å². The molecule has 0 aliphatic carbocycles. The molecule has 0 atom stereocenters. The van der Waals surface area contributed by atoms with E-state index in [-0.39, 0.29) is 0 Å². The van der Waals surface area contributed by atoms with Crippen LogP contribution in [0.25, 0.3) is 0 Å². The first-order valence-electron chi connectivity index (χ1n) is 5.37. The molecule has 0 saturated carbocycles. The third-order valence-electron chi connectivity index (χ3n) is 2.77. The summed E-state index contributed by atoms with van der Waals surface area (Å²) >= 11 is 0. The van der Waals surface area contributed by atoms with E-state index in [9.17, 15) is 0 Å². The Balaban J connectivity index is 2.74. The standard InChI is InChI=1S/C12H20NO/c1-4-13(5-2,6-3)14-12-10-8-7-9-11-12/h7-11H,4-6H2,1-3H3/q+1. The molecule has 0 unspecified atom stereocenters. The van der Waals surface area contributed by atoms with Crippen LogP contribution in [0, 0.1) is 0 Å². The number of quaternary nitrogens is 1. The monoisotopic (exact) mass is 194 g/mol. The maximum Gasteiger partial charge on any atom is 0.190 e. The van der Waals surface area contributed by atoms with Crippen LogP contribution in [0.5, 0.6) is 5.75 Å². The molecule has 0 bridgehead atoms. The smallest absolute Gasteiger partial charge is 0.190 e. The lowest BCUT2D eigenvalue weighted by molar-refractivity contribution is -1.07. The molecule has 0 aromatic heterocycles. The average Bonchev–Trinajstić information content (AvgIpc) is 2.28. The Hall–Kier alpha value is -1.02. The molecule has 0 aliphatic heterocycles. The summed E-state index contributed by atoms with van der Waals surface area (Å²) in [4.78, 5) is 5.99. The highest BCUT2D eigenvalue weighted by molar-refractivity contribution is 5.20. The minimum absolute atomic E-state index is 0.698. The van der Waals surface area contributed by atoms with Gasteiger partial charge in [0.25, 0.3) is 0 Å². The highest BCUT2D eigenvalue weighted by Gasteiger charge is 2.23. The maximum absolute atomic E-state index is 5.99. The molecule has 0 aliphatic rings. The fraction of sp³-hybridized carbons (Fsp3) is 0.500. The third-order valence-corrected chi connectivity index (χ3v) is 2.77. The molecule has 0 saturated heterocycles. The molecule has 2 heteroatoms. The Kier molecular flexibility index (Phi) is 3.96. The minimum atomic E-state index is 0.698. The first kappa shape index (κ1) is 11.1. The van der Waals surface area contributed by atoms with Gasteiger partial charge in [-0.15, -0.1) is 4.65 Å². The SMILES string of the molecule is CC[N+](CC)(CC)Oc1ccccc1. The number of rotatable bonds is 5. The van der Waals surface area contributed by atoms with Crippen LogP contribution >= 0.6 is 0 Å². The number of hydroxylamine groups is 3. The van der Waals surface area contributed by atoms with Gasteiger partial charge in [0.15, 0.2) is 5.75 Å². The van der Waals surface area contributed by atoms with Crippen molar-refractivity contribution in [2.24, 2.45) is 0 Å². The number of hydrogen-bond acceptors (Lipinski definition) is 1. The van der Waals surface area contributed by atoms with Crippen LogP contribution in [0.3, 0.4) is 0 Å². The number of benzene rings is 1. The summed E-state index contributed by atoms with van der Waals surface area (Å²) in [5, 5.41) is 0. The van der Waals surface area contributed by atoms with Gasteiger partial charge in [-0.25, -0.2) is 0 Å². The summed E-state index contributed by atoms with van der Waals surface area (Å²) in [5.41, 5.74) is 0. The second-order valence-corrected chi connectivity index (χ2v) is 3.41. The van der Waals surface area contributed by atoms with Crippen molar-refractivity contribution in [2.75, 3.05) is 19.6 Å². The molecule has 0 radical (unpaired) electrons. The van der Waals surface area contributed by atoms with Crippen LogP contribution in [-0.2, 0) is 0 Å². The fourth-order valence-corrected chi connectivity index (χ4v) is 1.57. The molecule has 0 heterocycles. The van der Waals surface area contributed by atoms with Crippen LogP contribution in [0.4, 0.5) is 0 Å². The molecule has 1 aromatic carbocycles. The second kappa shape index (κ2) is 5.01. The van der Waals surface area contributed by atoms with Gasteiger partial charge >= 0.3 is 0 Å². The Morgan fingerprint density at radius 1 is 0.929 bits per heavy atom. The quantitative estimate of drug-likeness (QED) is 0.517. The lowest BCUT2D eigenvalue weighted by Crippen LogP contribution is -2.50. The van der Waals surface area contributed by atoms with E-state index in [0.29, 0.717) is 4.65 Å². The van der Waals surface area contributed by atoms with Gasteiger partial charge in [0, 0.05) is 0 Å². The maximum atomic E-state index is 5.99. The van der Waals surface area contributed by atoms with Crippen LogP contribution < -0.4 is 4.84 Å². The topological polar surface area (TPSA) is 9.23 Å². The summed E-state index contributed by atoms with van der Waals surface area (Å²) in [7, 11) is 0. The summed E-state index contributed by atoms with van der Waals surface area (Å²) in [5.74, 6) is 0.957. The zero-order valence-corrected chi connectivity index (χ0v) is 9.36. The van der Waals surface area contributed by atoms with Crippen molar-refractivity contribution < 1.29 is 9.48 Å². The summed E-state index contributed by atoms with van der Waals surface area (Å²) in [6.45, 7) is 9.49. The molecule has 1 rings (SSSR count). The van der Waals surface area contributed by atoms with Gasteiger partial charge in [-0.3, -0.25) is 0 Å². The van der Waals surface area contributed by atoms with Crippen LogP contribution in [0.1, 0.15) is 20.8 Å². The van der Waals surface area contributed by atoms with Gasteiger partial charge in [-0.1, -0.05) is 18.2 Å². The van der Waals surface area contributed by atoms with Crippen molar-refractivity contribution in [1.82, 2.24) is 0 Å². The second-order valence-electron chi connectivity index (χ2n) is 3.41. The fourth-order valence-electron chi connectivity index (χ4n) is 1.57. The van der Waals surface area contributed by atoms with Gasteiger partial charge < -0.3 is 4.84 Å². The van der Waals surface area contributed by atoms with Gasteiger partial charge in [-0.2, -0.15) is 0 Å². The van der Waals surface area contributed by atoms with Gasteiger partial charge in [0.2, 0.25) is 0 Å². The number of para-hydroxylation sites is 1. The van der Waals surface area contributed by atoms with Crippen LogP contribution in [0.15, 0.2) is 30.3 Å². The predicted octanol–water partition coefficient (Wildman–Crippen LogP) is 2.86. The zero-order chi connectivity index (χ0) is 10.4. The minimum Gasteiger partial charge on any atom is -0.315 e. The molecule has 14 heavy (non-hydrogen) atoms. The summed E-state index contributed by atoms with van der Waals surface area (Å²) in [6.07, 6.45) is 0. The molecule has 1 aromatic rings. The Bertz CT molecular complexity index is 246. The van der Waals surface area contributed by atoms with Crippen molar-refractivity contribution in [1.29, 1.82) is 0 Å². The van der Waals surface area contributed by atoms with Crippen molar-refractivity contribution in [2.45, 2.75) is 20.8 Å². The summed E-state index contributed by atoms with van der Waals surface area (Å²) < 4.78 is 0.698. The van der Waals surface area contributed by atoms with Crippen molar-refractivity contribution in [3.8, 4) is 5.75 Å². The highest BCUT2D eigenvalue weighted by Crippen LogP contribution is 2.16. The molecule has 78 valence electrons. The van der Waals surface area contributed by atoms with E-state index in [1.165, 1.54) is 0 Å². The summed E-state index contributed by atoms with van der Waals surface area (Å²) in [6, 6.07) is 10.0. The van der Waals surface area contributed by atoms with Crippen LogP contribution in [-0.4, -0.2) is 24.3 Å². The first-order valence-corrected chi connectivity index (χ1v) is 5.37. The first-order chi connectivity index (χ1) is 6.76. The Morgan fingerprint density at radius 2 is 1.43 bits per heavy atom. The Morgan fingerprint density at radius 3 is 1.86 bits per heavy atom. The molecular weight excluding hydrogens is 174 g/mol. The third kappa shape index (κ3) is 2.48. The van der Waals surface area contributed by atoms with Crippen molar-refractivity contribution in [3.05, 3.63) is 30.3 Å². The van der Waals surface area contributed by atoms with E-state index < -0.39 is 0 Å². The lowest BCUT2D eigenvalue weighted by Gasteiger charge is -2.32. The molecular formula is C12H20NO+. The van der Waals surface area contributed by atoms with E-state index in [2.05, 4.69) is 20.8 Å².